The van der Waals surface area contributed by atoms with Crippen LogP contribution >= 0.6 is 45.5 Å². The van der Waals surface area contributed by atoms with Gasteiger partial charge in [-0.2, -0.15) is 0 Å². The van der Waals surface area contributed by atoms with E-state index in [-0.39, 0.29) is 16.5 Å². The number of hydrogen-bond donors (Lipinski definition) is 2. The number of halogens is 2. The number of nitrogens with one attached hydrogen (secondary N) is 1. The number of benzene rings is 1. The fraction of sp³-hybridized carbons (Fsp3) is 0. The third-order valence-corrected chi connectivity index (χ3v) is 4.24. The number of thiophene rings is 1. The summed E-state index contributed by atoms with van der Waals surface area (Å²) in [5, 5.41) is 13.5. The number of carboxylic acid groups (broad SMARTS) is 1. The topological polar surface area (TPSA) is 66.4 Å². The summed E-state index contributed by atoms with van der Waals surface area (Å²) in [5.41, 5.74) is 0.921. The Morgan fingerprint density at radius 1 is 1.21 bits per heavy atom. The molecule has 0 fully saturated rings. The SMILES string of the molecule is O=C(O)c1cc(Cl)cc(NC(=O)c2csc(I)c2)c1. The molecule has 0 radical (unpaired) electrons. The van der Waals surface area contributed by atoms with Gasteiger partial charge >= 0.3 is 5.97 Å². The molecule has 1 aromatic carbocycles. The number of carbonyl (C=O) groups excluding carboxylic acids is 1. The van der Waals surface area contributed by atoms with Crippen molar-refractivity contribution in [3.05, 3.63) is 48.7 Å². The third kappa shape index (κ3) is 3.68. The van der Waals surface area contributed by atoms with Gasteiger partial charge < -0.3 is 10.4 Å². The Morgan fingerprint density at radius 3 is 2.53 bits per heavy atom. The van der Waals surface area contributed by atoms with E-state index >= 15 is 0 Å². The maximum atomic E-state index is 11.9. The van der Waals surface area contributed by atoms with Gasteiger partial charge in [-0.05, 0) is 46.9 Å². The molecule has 1 amide bonds. The quantitative estimate of drug-likeness (QED) is 0.757. The molecule has 0 spiro atoms. The van der Waals surface area contributed by atoms with Crippen LogP contribution in [0.15, 0.2) is 29.6 Å². The summed E-state index contributed by atoms with van der Waals surface area (Å²) >= 11 is 9.40. The van der Waals surface area contributed by atoms with Gasteiger partial charge in [0.05, 0.1) is 14.0 Å². The summed E-state index contributed by atoms with van der Waals surface area (Å²) in [5.74, 6) is -1.39. The molecule has 19 heavy (non-hydrogen) atoms. The fourth-order valence-electron chi connectivity index (χ4n) is 1.42. The Labute approximate surface area is 131 Å². The Balaban J connectivity index is 2.23. The largest absolute Gasteiger partial charge is 0.478 e. The van der Waals surface area contributed by atoms with E-state index in [2.05, 4.69) is 27.9 Å². The molecule has 4 nitrogen and oxygen atoms in total. The van der Waals surface area contributed by atoms with E-state index in [1.54, 1.807) is 11.4 Å². The number of amides is 1. The zero-order chi connectivity index (χ0) is 14.0. The number of hydrogen-bond acceptors (Lipinski definition) is 3. The standard InChI is InChI=1S/C12H7ClINO3S/c13-8-1-6(12(17)18)2-9(4-8)15-11(16)7-3-10(14)19-5-7/h1-5H,(H,15,16)(H,17,18). The van der Waals surface area contributed by atoms with Crippen molar-refractivity contribution in [1.82, 2.24) is 0 Å². The smallest absolute Gasteiger partial charge is 0.335 e. The molecule has 2 N–H and O–H groups in total. The Kier molecular flexibility index (Phi) is 4.43. The van der Waals surface area contributed by atoms with Crippen LogP contribution in [-0.4, -0.2) is 17.0 Å². The number of rotatable bonds is 3. The van der Waals surface area contributed by atoms with Crippen molar-refractivity contribution in [1.29, 1.82) is 0 Å². The van der Waals surface area contributed by atoms with E-state index in [9.17, 15) is 9.59 Å². The first-order chi connectivity index (χ1) is 8.95. The van der Waals surface area contributed by atoms with E-state index in [4.69, 9.17) is 16.7 Å². The van der Waals surface area contributed by atoms with Gasteiger partial charge in [-0.15, -0.1) is 11.3 Å². The normalized spacial score (nSPS) is 10.2. The summed E-state index contributed by atoms with van der Waals surface area (Å²) in [6.45, 7) is 0. The lowest BCUT2D eigenvalue weighted by Gasteiger charge is -2.05. The summed E-state index contributed by atoms with van der Waals surface area (Å²) in [6, 6.07) is 5.95. The molecule has 0 unspecified atom stereocenters. The van der Waals surface area contributed by atoms with Gasteiger partial charge in [-0.25, -0.2) is 4.79 Å². The molecule has 1 heterocycles. The van der Waals surface area contributed by atoms with E-state index in [0.29, 0.717) is 11.3 Å². The number of carboxylic acids is 1. The molecule has 2 rings (SSSR count). The second kappa shape index (κ2) is 5.89. The van der Waals surface area contributed by atoms with Gasteiger partial charge in [0.15, 0.2) is 0 Å². The lowest BCUT2D eigenvalue weighted by Crippen LogP contribution is -2.11. The highest BCUT2D eigenvalue weighted by atomic mass is 127. The van der Waals surface area contributed by atoms with Crippen LogP contribution in [0.2, 0.25) is 5.02 Å². The maximum Gasteiger partial charge on any atom is 0.335 e. The van der Waals surface area contributed by atoms with Crippen molar-refractivity contribution in [2.24, 2.45) is 0 Å². The molecular formula is C12H7ClINO3S. The van der Waals surface area contributed by atoms with Gasteiger partial charge in [0.25, 0.3) is 5.91 Å². The highest BCUT2D eigenvalue weighted by molar-refractivity contribution is 14.1. The molecule has 0 aliphatic rings. The van der Waals surface area contributed by atoms with Crippen LogP contribution < -0.4 is 5.32 Å². The molecule has 0 bridgehead atoms. The number of aromatic carboxylic acids is 1. The van der Waals surface area contributed by atoms with Crippen LogP contribution in [-0.2, 0) is 0 Å². The molecule has 0 aliphatic heterocycles. The van der Waals surface area contributed by atoms with Crippen molar-refractivity contribution >= 4 is 63.1 Å². The predicted molar refractivity (Wildman–Crippen MR) is 83.4 cm³/mol. The zero-order valence-electron chi connectivity index (χ0n) is 9.31. The minimum atomic E-state index is -1.09. The highest BCUT2D eigenvalue weighted by Gasteiger charge is 2.11. The minimum absolute atomic E-state index is 0.0303. The van der Waals surface area contributed by atoms with E-state index in [0.717, 1.165) is 2.88 Å². The van der Waals surface area contributed by atoms with E-state index in [1.807, 2.05) is 0 Å². The lowest BCUT2D eigenvalue weighted by atomic mass is 10.2. The van der Waals surface area contributed by atoms with Crippen LogP contribution in [0, 0.1) is 2.88 Å². The lowest BCUT2D eigenvalue weighted by molar-refractivity contribution is 0.0696. The molecule has 7 heteroatoms. The highest BCUT2D eigenvalue weighted by Crippen LogP contribution is 2.21. The Morgan fingerprint density at radius 2 is 1.95 bits per heavy atom. The van der Waals surface area contributed by atoms with Crippen molar-refractivity contribution in [3.63, 3.8) is 0 Å². The van der Waals surface area contributed by atoms with Crippen molar-refractivity contribution < 1.29 is 14.7 Å². The fourth-order valence-corrected chi connectivity index (χ4v) is 2.98. The van der Waals surface area contributed by atoms with Gasteiger partial charge in [0, 0.05) is 16.1 Å². The van der Waals surface area contributed by atoms with Gasteiger partial charge in [-0.3, -0.25) is 4.79 Å². The predicted octanol–water partition coefficient (Wildman–Crippen LogP) is 3.96. The van der Waals surface area contributed by atoms with Crippen LogP contribution in [0.5, 0.6) is 0 Å². The average Bonchev–Trinajstić information content (AvgIpc) is 2.75. The molecular weight excluding hydrogens is 401 g/mol. The van der Waals surface area contributed by atoms with Gasteiger partial charge in [-0.1, -0.05) is 11.6 Å². The zero-order valence-corrected chi connectivity index (χ0v) is 13.0. The molecule has 0 atom stereocenters. The first-order valence-electron chi connectivity index (χ1n) is 5.05. The summed E-state index contributed by atoms with van der Waals surface area (Å²) in [7, 11) is 0. The van der Waals surface area contributed by atoms with Crippen LogP contribution in [0.25, 0.3) is 0 Å². The maximum absolute atomic E-state index is 11.9. The molecule has 0 saturated carbocycles. The van der Waals surface area contributed by atoms with Crippen molar-refractivity contribution in [3.8, 4) is 0 Å². The first kappa shape index (κ1) is 14.3. The van der Waals surface area contributed by atoms with E-state index < -0.39 is 5.97 Å². The second-order valence-corrected chi connectivity index (χ2v) is 6.87. The monoisotopic (exact) mass is 407 g/mol. The Bertz CT molecular complexity index is 656. The van der Waals surface area contributed by atoms with Gasteiger partial charge in [0.1, 0.15) is 0 Å². The molecule has 2 aromatic rings. The Hall–Kier alpha value is -1.12. The number of carbonyl (C=O) groups is 2. The average molecular weight is 408 g/mol. The first-order valence-corrected chi connectivity index (χ1v) is 7.38. The summed E-state index contributed by atoms with van der Waals surface area (Å²) < 4.78 is 1.00. The van der Waals surface area contributed by atoms with E-state index in [1.165, 1.54) is 29.5 Å². The third-order valence-electron chi connectivity index (χ3n) is 2.23. The van der Waals surface area contributed by atoms with Crippen LogP contribution in [0.1, 0.15) is 20.7 Å². The van der Waals surface area contributed by atoms with Gasteiger partial charge in [0.2, 0.25) is 0 Å². The summed E-state index contributed by atoms with van der Waals surface area (Å²) in [6.07, 6.45) is 0. The molecule has 1 aromatic heterocycles. The minimum Gasteiger partial charge on any atom is -0.478 e. The molecule has 0 saturated heterocycles. The van der Waals surface area contributed by atoms with Crippen LogP contribution in [0.3, 0.4) is 0 Å². The summed E-state index contributed by atoms with van der Waals surface area (Å²) in [4.78, 5) is 22.8. The molecule has 98 valence electrons. The van der Waals surface area contributed by atoms with Crippen LogP contribution in [0.4, 0.5) is 5.69 Å². The number of anilines is 1. The van der Waals surface area contributed by atoms with Crippen molar-refractivity contribution in [2.45, 2.75) is 0 Å². The van der Waals surface area contributed by atoms with Crippen molar-refractivity contribution in [2.75, 3.05) is 5.32 Å². The molecule has 0 aliphatic carbocycles. The second-order valence-electron chi connectivity index (χ2n) is 3.63.